The Balaban J connectivity index is 1.60. The van der Waals surface area contributed by atoms with Crippen molar-refractivity contribution < 1.29 is 9.90 Å². The van der Waals surface area contributed by atoms with Crippen LogP contribution in [-0.4, -0.2) is 33.2 Å². The molecule has 5 nitrogen and oxygen atoms in total. The Morgan fingerprint density at radius 1 is 1.00 bits per heavy atom. The third-order valence-corrected chi connectivity index (χ3v) is 5.67. The quantitative estimate of drug-likeness (QED) is 0.447. The minimum atomic E-state index is 0.0996. The van der Waals surface area contributed by atoms with Crippen LogP contribution in [0.5, 0.6) is 5.88 Å². The number of likely N-dealkylation sites (tertiary alicyclic amines) is 1. The van der Waals surface area contributed by atoms with Gasteiger partial charge in [0, 0.05) is 36.0 Å². The third kappa shape index (κ3) is 3.82. The first kappa shape index (κ1) is 19.1. The lowest BCUT2D eigenvalue weighted by atomic mass is 10.0. The minimum Gasteiger partial charge on any atom is -0.494 e. The molecule has 1 fully saturated rings. The molecule has 4 aromatic rings. The van der Waals surface area contributed by atoms with Crippen molar-refractivity contribution in [3.05, 3.63) is 95.6 Å². The van der Waals surface area contributed by atoms with E-state index in [0.717, 1.165) is 40.7 Å². The van der Waals surface area contributed by atoms with E-state index in [9.17, 15) is 9.90 Å². The van der Waals surface area contributed by atoms with Crippen LogP contribution in [0.1, 0.15) is 29.5 Å². The van der Waals surface area contributed by atoms with Crippen LogP contribution in [0, 0.1) is 0 Å². The van der Waals surface area contributed by atoms with Crippen molar-refractivity contribution in [2.75, 3.05) is 6.54 Å². The number of aliphatic imine (C=N–C) groups is 1. The van der Waals surface area contributed by atoms with Crippen molar-refractivity contribution in [2.24, 2.45) is 4.99 Å². The summed E-state index contributed by atoms with van der Waals surface area (Å²) in [5.41, 5.74) is 4.99. The fourth-order valence-electron chi connectivity index (χ4n) is 4.17. The molecule has 1 saturated heterocycles. The standard InChI is InChI=1S/C26H23N3O2/c30-23-14-7-15-29(23)17-18-8-6-11-20(16-18)27-25(19-9-2-1-3-10-19)24-21-12-4-5-13-22(21)28-26(24)31/h1-6,8-13,16,28,31H,7,14-15,17H2. The summed E-state index contributed by atoms with van der Waals surface area (Å²) in [6, 6.07) is 25.6. The number of nitrogens with zero attached hydrogens (tertiary/aromatic N) is 2. The Hall–Kier alpha value is -3.86. The summed E-state index contributed by atoms with van der Waals surface area (Å²) >= 11 is 0. The highest BCUT2D eigenvalue weighted by molar-refractivity contribution is 6.21. The average Bonchev–Trinajstić information content (AvgIpc) is 3.35. The predicted octanol–water partition coefficient (Wildman–Crippen LogP) is 5.17. The summed E-state index contributed by atoms with van der Waals surface area (Å²) < 4.78 is 0. The number of carbonyl (C=O) groups is 1. The van der Waals surface area contributed by atoms with Crippen LogP contribution in [0.15, 0.2) is 83.9 Å². The van der Waals surface area contributed by atoms with E-state index in [0.29, 0.717) is 24.2 Å². The zero-order valence-corrected chi connectivity index (χ0v) is 17.1. The number of aromatic hydroxyl groups is 1. The SMILES string of the molecule is O=C1CCCN1Cc1cccc(N=C(c2ccccc2)c2c(O)[nH]c3ccccc23)c1. The Morgan fingerprint density at radius 3 is 2.61 bits per heavy atom. The summed E-state index contributed by atoms with van der Waals surface area (Å²) in [4.78, 5) is 21.9. The first-order chi connectivity index (χ1) is 15.2. The van der Waals surface area contributed by atoms with Crippen LogP contribution in [-0.2, 0) is 11.3 Å². The molecule has 0 bridgehead atoms. The van der Waals surface area contributed by atoms with Gasteiger partial charge in [-0.15, -0.1) is 0 Å². The second kappa shape index (κ2) is 8.11. The van der Waals surface area contributed by atoms with Crippen LogP contribution in [0.3, 0.4) is 0 Å². The molecule has 1 amide bonds. The molecule has 0 atom stereocenters. The molecule has 1 aromatic heterocycles. The lowest BCUT2D eigenvalue weighted by Crippen LogP contribution is -2.23. The Kier molecular flexibility index (Phi) is 5.00. The summed E-state index contributed by atoms with van der Waals surface area (Å²) in [5.74, 6) is 0.310. The van der Waals surface area contributed by atoms with E-state index in [1.807, 2.05) is 83.8 Å². The van der Waals surface area contributed by atoms with E-state index in [-0.39, 0.29) is 11.8 Å². The van der Waals surface area contributed by atoms with Crippen LogP contribution in [0.4, 0.5) is 5.69 Å². The van der Waals surface area contributed by atoms with Gasteiger partial charge in [0.1, 0.15) is 0 Å². The average molecular weight is 409 g/mol. The predicted molar refractivity (Wildman–Crippen MR) is 123 cm³/mol. The fraction of sp³-hybridized carbons (Fsp3) is 0.154. The molecule has 0 spiro atoms. The number of nitrogens with one attached hydrogen (secondary N) is 1. The number of H-pyrrole nitrogens is 1. The molecule has 5 heteroatoms. The molecule has 2 heterocycles. The van der Waals surface area contributed by atoms with E-state index in [1.54, 1.807) is 0 Å². The number of hydrogen-bond acceptors (Lipinski definition) is 3. The number of aromatic nitrogens is 1. The molecular weight excluding hydrogens is 386 g/mol. The highest BCUT2D eigenvalue weighted by Crippen LogP contribution is 2.31. The lowest BCUT2D eigenvalue weighted by molar-refractivity contribution is -0.128. The molecule has 5 rings (SSSR count). The van der Waals surface area contributed by atoms with Crippen LogP contribution >= 0.6 is 0 Å². The second-order valence-electron chi connectivity index (χ2n) is 7.81. The van der Waals surface area contributed by atoms with Gasteiger partial charge in [-0.2, -0.15) is 0 Å². The van der Waals surface area contributed by atoms with E-state index < -0.39 is 0 Å². The molecule has 0 radical (unpaired) electrons. The van der Waals surface area contributed by atoms with Gasteiger partial charge in [-0.1, -0.05) is 60.7 Å². The number of fused-ring (bicyclic) bond motifs is 1. The number of carbonyl (C=O) groups excluding carboxylic acids is 1. The van der Waals surface area contributed by atoms with Gasteiger partial charge in [0.2, 0.25) is 5.91 Å². The molecule has 0 saturated carbocycles. The van der Waals surface area contributed by atoms with E-state index in [1.165, 1.54) is 0 Å². The van der Waals surface area contributed by atoms with Crippen molar-refractivity contribution in [3.8, 4) is 5.88 Å². The Bertz CT molecular complexity index is 1270. The maximum atomic E-state index is 12.0. The van der Waals surface area contributed by atoms with Gasteiger partial charge in [-0.25, -0.2) is 4.99 Å². The van der Waals surface area contributed by atoms with Crippen molar-refractivity contribution in [1.82, 2.24) is 9.88 Å². The number of hydrogen-bond donors (Lipinski definition) is 2. The van der Waals surface area contributed by atoms with E-state index in [2.05, 4.69) is 4.98 Å². The maximum Gasteiger partial charge on any atom is 0.222 e. The monoisotopic (exact) mass is 409 g/mol. The topological polar surface area (TPSA) is 68.7 Å². The van der Waals surface area contributed by atoms with Gasteiger partial charge in [0.15, 0.2) is 5.88 Å². The molecule has 31 heavy (non-hydrogen) atoms. The van der Waals surface area contributed by atoms with Gasteiger partial charge in [0.25, 0.3) is 0 Å². The van der Waals surface area contributed by atoms with E-state index >= 15 is 0 Å². The normalized spacial score (nSPS) is 14.5. The van der Waals surface area contributed by atoms with E-state index in [4.69, 9.17) is 4.99 Å². The largest absolute Gasteiger partial charge is 0.494 e. The zero-order valence-electron chi connectivity index (χ0n) is 17.1. The first-order valence-corrected chi connectivity index (χ1v) is 10.5. The van der Waals surface area contributed by atoms with Gasteiger partial charge < -0.3 is 15.0 Å². The molecular formula is C26H23N3O2. The molecule has 0 aliphatic carbocycles. The molecule has 154 valence electrons. The van der Waals surface area contributed by atoms with Crippen molar-refractivity contribution in [3.63, 3.8) is 0 Å². The fourth-order valence-corrected chi connectivity index (χ4v) is 4.17. The van der Waals surface area contributed by atoms with Crippen molar-refractivity contribution in [1.29, 1.82) is 0 Å². The molecule has 2 N–H and O–H groups in total. The second-order valence-corrected chi connectivity index (χ2v) is 7.81. The van der Waals surface area contributed by atoms with Crippen molar-refractivity contribution in [2.45, 2.75) is 19.4 Å². The summed E-state index contributed by atoms with van der Waals surface area (Å²) in [6.45, 7) is 1.41. The lowest BCUT2D eigenvalue weighted by Gasteiger charge is -2.15. The maximum absolute atomic E-state index is 12.0. The summed E-state index contributed by atoms with van der Waals surface area (Å²) in [6.07, 6.45) is 1.56. The molecule has 0 unspecified atom stereocenters. The van der Waals surface area contributed by atoms with Crippen molar-refractivity contribution >= 4 is 28.2 Å². The smallest absolute Gasteiger partial charge is 0.222 e. The number of amides is 1. The molecule has 3 aromatic carbocycles. The van der Waals surface area contributed by atoms with Gasteiger partial charge in [-0.05, 0) is 30.2 Å². The minimum absolute atomic E-state index is 0.0996. The summed E-state index contributed by atoms with van der Waals surface area (Å²) in [7, 11) is 0. The van der Waals surface area contributed by atoms with Crippen LogP contribution < -0.4 is 0 Å². The Morgan fingerprint density at radius 2 is 1.81 bits per heavy atom. The molecule has 1 aliphatic heterocycles. The zero-order chi connectivity index (χ0) is 21.2. The highest BCUT2D eigenvalue weighted by atomic mass is 16.3. The number of benzene rings is 3. The number of aromatic amines is 1. The summed E-state index contributed by atoms with van der Waals surface area (Å²) in [5, 5.41) is 11.7. The van der Waals surface area contributed by atoms with Crippen LogP contribution in [0.25, 0.3) is 10.9 Å². The molecule has 1 aliphatic rings. The first-order valence-electron chi connectivity index (χ1n) is 10.5. The number of rotatable bonds is 5. The highest BCUT2D eigenvalue weighted by Gasteiger charge is 2.21. The number of para-hydroxylation sites is 1. The van der Waals surface area contributed by atoms with Gasteiger partial charge in [0.05, 0.1) is 17.0 Å². The Labute approximate surface area is 180 Å². The third-order valence-electron chi connectivity index (χ3n) is 5.67. The van der Waals surface area contributed by atoms with Crippen LogP contribution in [0.2, 0.25) is 0 Å². The van der Waals surface area contributed by atoms with Gasteiger partial charge >= 0.3 is 0 Å². The van der Waals surface area contributed by atoms with Gasteiger partial charge in [-0.3, -0.25) is 4.79 Å².